The number of thiazole rings is 1. The molecule has 23 heavy (non-hydrogen) atoms. The van der Waals surface area contributed by atoms with Gasteiger partial charge >= 0.3 is 0 Å². The summed E-state index contributed by atoms with van der Waals surface area (Å²) in [7, 11) is 3.94. The van der Waals surface area contributed by atoms with Gasteiger partial charge in [-0.1, -0.05) is 11.3 Å². The van der Waals surface area contributed by atoms with Crippen LogP contribution in [0.3, 0.4) is 0 Å². The fourth-order valence-electron chi connectivity index (χ4n) is 2.31. The molecule has 1 heterocycles. The molecule has 3 rings (SSSR count). The fourth-order valence-corrected chi connectivity index (χ4v) is 3.25. The van der Waals surface area contributed by atoms with Crippen molar-refractivity contribution in [3.63, 3.8) is 0 Å². The van der Waals surface area contributed by atoms with E-state index >= 15 is 0 Å². The van der Waals surface area contributed by atoms with Crippen molar-refractivity contribution in [1.29, 1.82) is 0 Å². The molecular weight excluding hydrogens is 306 g/mol. The smallest absolute Gasteiger partial charge is 0.257 e. The summed E-state index contributed by atoms with van der Waals surface area (Å²) in [6.07, 6.45) is 0. The van der Waals surface area contributed by atoms with Crippen LogP contribution in [0.5, 0.6) is 0 Å². The zero-order valence-electron chi connectivity index (χ0n) is 13.7. The highest BCUT2D eigenvalue weighted by atomic mass is 32.1. The Hall–Kier alpha value is -2.40. The maximum atomic E-state index is 12.3. The summed E-state index contributed by atoms with van der Waals surface area (Å²) in [5, 5.41) is 3.52. The first-order valence-corrected chi connectivity index (χ1v) is 8.22. The van der Waals surface area contributed by atoms with E-state index in [4.69, 9.17) is 0 Å². The van der Waals surface area contributed by atoms with E-state index in [-0.39, 0.29) is 5.91 Å². The van der Waals surface area contributed by atoms with E-state index in [1.54, 1.807) is 0 Å². The van der Waals surface area contributed by atoms with Crippen LogP contribution in [0, 0.1) is 13.8 Å². The Balaban J connectivity index is 1.82. The highest BCUT2D eigenvalue weighted by Gasteiger charge is 2.11. The molecule has 1 amide bonds. The number of aryl methyl sites for hydroxylation is 2. The zero-order valence-corrected chi connectivity index (χ0v) is 14.5. The number of hydrogen-bond donors (Lipinski definition) is 1. The van der Waals surface area contributed by atoms with Gasteiger partial charge in [-0.15, -0.1) is 0 Å². The molecule has 0 fully saturated rings. The lowest BCUT2D eigenvalue weighted by atomic mass is 10.1. The second-order valence-electron chi connectivity index (χ2n) is 5.82. The lowest BCUT2D eigenvalue weighted by molar-refractivity contribution is 0.102. The number of carbonyl (C=O) groups excluding carboxylic acids is 1. The average Bonchev–Trinajstić information content (AvgIpc) is 2.89. The molecule has 1 N–H and O–H groups in total. The summed E-state index contributed by atoms with van der Waals surface area (Å²) in [5.74, 6) is -0.136. The molecule has 0 aliphatic carbocycles. The van der Waals surface area contributed by atoms with E-state index in [9.17, 15) is 4.79 Å². The Labute approximate surface area is 139 Å². The summed E-state index contributed by atoms with van der Waals surface area (Å²) >= 11 is 1.50. The van der Waals surface area contributed by atoms with Crippen LogP contribution >= 0.6 is 11.3 Å². The van der Waals surface area contributed by atoms with E-state index in [2.05, 4.69) is 36.3 Å². The monoisotopic (exact) mass is 325 g/mol. The van der Waals surface area contributed by atoms with Crippen LogP contribution < -0.4 is 10.2 Å². The molecular formula is C18H19N3OS. The molecule has 0 spiro atoms. The molecule has 0 aliphatic heterocycles. The molecule has 0 aliphatic rings. The minimum Gasteiger partial charge on any atom is -0.378 e. The number of benzene rings is 2. The molecule has 3 aromatic rings. The Morgan fingerprint density at radius 3 is 2.39 bits per heavy atom. The van der Waals surface area contributed by atoms with Crippen molar-refractivity contribution in [3.8, 4) is 0 Å². The molecule has 1 aromatic heterocycles. The van der Waals surface area contributed by atoms with Gasteiger partial charge in [-0.25, -0.2) is 4.98 Å². The maximum Gasteiger partial charge on any atom is 0.257 e. The van der Waals surface area contributed by atoms with Crippen LogP contribution in [0.25, 0.3) is 10.2 Å². The van der Waals surface area contributed by atoms with Gasteiger partial charge in [0, 0.05) is 25.3 Å². The average molecular weight is 325 g/mol. The van der Waals surface area contributed by atoms with Crippen molar-refractivity contribution in [1.82, 2.24) is 4.98 Å². The standard InChI is InChI=1S/C18H19N3OS/c1-11-9-15-16(10-12(11)2)23-18(19-15)20-17(22)13-5-7-14(8-6-13)21(3)4/h5-10H,1-4H3,(H,19,20,22). The number of rotatable bonds is 3. The number of aromatic nitrogens is 1. The van der Waals surface area contributed by atoms with E-state index in [1.165, 1.54) is 22.5 Å². The molecule has 5 heteroatoms. The normalized spacial score (nSPS) is 10.8. The Kier molecular flexibility index (Phi) is 4.05. The molecule has 0 unspecified atom stereocenters. The number of hydrogen-bond acceptors (Lipinski definition) is 4. The molecule has 0 atom stereocenters. The third-order valence-electron chi connectivity index (χ3n) is 3.87. The summed E-state index contributed by atoms with van der Waals surface area (Å²) in [6.45, 7) is 4.15. The quantitative estimate of drug-likeness (QED) is 0.784. The second-order valence-corrected chi connectivity index (χ2v) is 6.85. The Morgan fingerprint density at radius 1 is 1.09 bits per heavy atom. The molecule has 0 radical (unpaired) electrons. The van der Waals surface area contributed by atoms with Gasteiger partial charge in [0.25, 0.3) is 5.91 Å². The Morgan fingerprint density at radius 2 is 1.74 bits per heavy atom. The highest BCUT2D eigenvalue weighted by molar-refractivity contribution is 7.22. The van der Waals surface area contributed by atoms with Gasteiger partial charge in [-0.2, -0.15) is 0 Å². The highest BCUT2D eigenvalue weighted by Crippen LogP contribution is 2.28. The van der Waals surface area contributed by atoms with Gasteiger partial charge in [-0.3, -0.25) is 10.1 Å². The van der Waals surface area contributed by atoms with Crippen LogP contribution in [0.2, 0.25) is 0 Å². The van der Waals surface area contributed by atoms with Crippen LogP contribution in [0.1, 0.15) is 21.5 Å². The predicted molar refractivity (Wildman–Crippen MR) is 97.8 cm³/mol. The zero-order chi connectivity index (χ0) is 16.6. The van der Waals surface area contributed by atoms with Gasteiger partial charge in [-0.05, 0) is 61.4 Å². The van der Waals surface area contributed by atoms with Crippen molar-refractivity contribution in [3.05, 3.63) is 53.1 Å². The van der Waals surface area contributed by atoms with Crippen molar-refractivity contribution in [2.75, 3.05) is 24.3 Å². The minimum absolute atomic E-state index is 0.136. The first-order valence-electron chi connectivity index (χ1n) is 7.40. The van der Waals surface area contributed by atoms with Crippen molar-refractivity contribution in [2.24, 2.45) is 0 Å². The fraction of sp³-hybridized carbons (Fsp3) is 0.222. The van der Waals surface area contributed by atoms with Gasteiger partial charge in [0.05, 0.1) is 10.2 Å². The van der Waals surface area contributed by atoms with Crippen LogP contribution in [-0.4, -0.2) is 25.0 Å². The van der Waals surface area contributed by atoms with E-state index in [1.807, 2.05) is 43.3 Å². The third kappa shape index (κ3) is 3.19. The van der Waals surface area contributed by atoms with Gasteiger partial charge in [0.15, 0.2) is 5.13 Å². The van der Waals surface area contributed by atoms with Gasteiger partial charge in [0.1, 0.15) is 0 Å². The van der Waals surface area contributed by atoms with E-state index < -0.39 is 0 Å². The van der Waals surface area contributed by atoms with E-state index in [0.717, 1.165) is 15.9 Å². The summed E-state index contributed by atoms with van der Waals surface area (Å²) in [4.78, 5) is 18.9. The van der Waals surface area contributed by atoms with Crippen LogP contribution in [0.15, 0.2) is 36.4 Å². The third-order valence-corrected chi connectivity index (χ3v) is 4.80. The van der Waals surface area contributed by atoms with Gasteiger partial charge in [0.2, 0.25) is 0 Å². The van der Waals surface area contributed by atoms with Crippen molar-refractivity contribution >= 4 is 38.3 Å². The van der Waals surface area contributed by atoms with Crippen LogP contribution in [-0.2, 0) is 0 Å². The minimum atomic E-state index is -0.136. The van der Waals surface area contributed by atoms with Crippen LogP contribution in [0.4, 0.5) is 10.8 Å². The summed E-state index contributed by atoms with van der Waals surface area (Å²) in [6, 6.07) is 11.7. The molecule has 0 saturated carbocycles. The number of nitrogens with zero attached hydrogens (tertiary/aromatic N) is 2. The molecule has 0 bridgehead atoms. The predicted octanol–water partition coefficient (Wildman–Crippen LogP) is 4.23. The molecule has 0 saturated heterocycles. The number of nitrogens with one attached hydrogen (secondary N) is 1. The van der Waals surface area contributed by atoms with E-state index in [0.29, 0.717) is 10.7 Å². The maximum absolute atomic E-state index is 12.3. The lowest BCUT2D eigenvalue weighted by Gasteiger charge is -2.12. The number of carbonyl (C=O) groups is 1. The number of amides is 1. The molecule has 118 valence electrons. The largest absolute Gasteiger partial charge is 0.378 e. The summed E-state index contributed by atoms with van der Waals surface area (Å²) in [5.41, 5.74) is 5.06. The van der Waals surface area contributed by atoms with Gasteiger partial charge < -0.3 is 4.90 Å². The first-order chi connectivity index (χ1) is 10.9. The molecule has 4 nitrogen and oxygen atoms in total. The SMILES string of the molecule is Cc1cc2nc(NC(=O)c3ccc(N(C)C)cc3)sc2cc1C. The van der Waals surface area contributed by atoms with Crippen molar-refractivity contribution < 1.29 is 4.79 Å². The Bertz CT molecular complexity index is 827. The lowest BCUT2D eigenvalue weighted by Crippen LogP contribution is -2.13. The number of anilines is 2. The van der Waals surface area contributed by atoms with Crippen molar-refractivity contribution in [2.45, 2.75) is 13.8 Å². The number of fused-ring (bicyclic) bond motifs is 1. The second kappa shape index (κ2) is 6.01. The summed E-state index contributed by atoms with van der Waals surface area (Å²) < 4.78 is 1.09. The first kappa shape index (κ1) is 15.5. The molecule has 2 aromatic carbocycles. The topological polar surface area (TPSA) is 45.2 Å².